The SMILES string of the molecule is COc1c(N)cc(S(=O)(=O)NCCOCCO)cc1F. The number of aliphatic hydroxyl groups is 1. The molecule has 0 bridgehead atoms. The van der Waals surface area contributed by atoms with Gasteiger partial charge in [0.15, 0.2) is 11.6 Å². The molecule has 0 radical (unpaired) electrons. The molecule has 1 aromatic carbocycles. The predicted octanol–water partition coefficient (Wildman–Crippen LogP) is -0.296. The molecule has 0 aliphatic rings. The Morgan fingerprint density at radius 2 is 2.10 bits per heavy atom. The lowest BCUT2D eigenvalue weighted by molar-refractivity contribution is 0.0961. The normalized spacial score (nSPS) is 11.6. The lowest BCUT2D eigenvalue weighted by Gasteiger charge is -2.10. The number of benzene rings is 1. The van der Waals surface area contributed by atoms with Crippen LogP contribution in [0.5, 0.6) is 5.75 Å². The van der Waals surface area contributed by atoms with Gasteiger partial charge in [0.2, 0.25) is 10.0 Å². The van der Waals surface area contributed by atoms with Gasteiger partial charge in [-0.3, -0.25) is 0 Å². The van der Waals surface area contributed by atoms with Gasteiger partial charge >= 0.3 is 0 Å². The van der Waals surface area contributed by atoms with Gasteiger partial charge < -0.3 is 20.3 Å². The smallest absolute Gasteiger partial charge is 0.240 e. The number of nitrogens with two attached hydrogens (primary N) is 1. The first-order valence-corrected chi connectivity index (χ1v) is 7.22. The molecule has 7 nitrogen and oxygen atoms in total. The van der Waals surface area contributed by atoms with Crippen molar-refractivity contribution < 1.29 is 27.4 Å². The summed E-state index contributed by atoms with van der Waals surface area (Å²) in [5.41, 5.74) is 5.41. The second kappa shape index (κ2) is 7.39. The van der Waals surface area contributed by atoms with Crippen LogP contribution in [0.3, 0.4) is 0 Å². The molecule has 0 heterocycles. The Balaban J connectivity index is 2.78. The predicted molar refractivity (Wildman–Crippen MR) is 70.5 cm³/mol. The van der Waals surface area contributed by atoms with Crippen LogP contribution in [0.15, 0.2) is 17.0 Å². The van der Waals surface area contributed by atoms with E-state index in [1.54, 1.807) is 0 Å². The van der Waals surface area contributed by atoms with Crippen LogP contribution in [-0.2, 0) is 14.8 Å². The molecule has 20 heavy (non-hydrogen) atoms. The van der Waals surface area contributed by atoms with E-state index >= 15 is 0 Å². The van der Waals surface area contributed by atoms with Crippen LogP contribution in [0.1, 0.15) is 0 Å². The quantitative estimate of drug-likeness (QED) is 0.449. The summed E-state index contributed by atoms with van der Waals surface area (Å²) in [4.78, 5) is -0.296. The van der Waals surface area contributed by atoms with Gasteiger partial charge in [0.1, 0.15) is 0 Å². The molecule has 0 saturated carbocycles. The highest BCUT2D eigenvalue weighted by Crippen LogP contribution is 2.28. The Labute approximate surface area is 116 Å². The molecule has 4 N–H and O–H groups in total. The first-order valence-electron chi connectivity index (χ1n) is 5.73. The number of rotatable bonds is 8. The van der Waals surface area contributed by atoms with E-state index in [-0.39, 0.29) is 42.7 Å². The number of nitrogens with one attached hydrogen (secondary N) is 1. The van der Waals surface area contributed by atoms with Crippen molar-refractivity contribution in [3.05, 3.63) is 17.9 Å². The van der Waals surface area contributed by atoms with Gasteiger partial charge in [-0.1, -0.05) is 0 Å². The first-order chi connectivity index (χ1) is 9.42. The summed E-state index contributed by atoms with van der Waals surface area (Å²) in [7, 11) is -2.65. The van der Waals surface area contributed by atoms with Crippen LogP contribution >= 0.6 is 0 Å². The molecule has 114 valence electrons. The van der Waals surface area contributed by atoms with Crippen molar-refractivity contribution in [1.82, 2.24) is 4.72 Å². The Bertz CT molecular complexity index is 527. The summed E-state index contributed by atoms with van der Waals surface area (Å²) in [6, 6.07) is 1.94. The number of hydrogen-bond acceptors (Lipinski definition) is 6. The van der Waals surface area contributed by atoms with Gasteiger partial charge in [-0.05, 0) is 12.1 Å². The fourth-order valence-corrected chi connectivity index (χ4v) is 2.52. The number of anilines is 1. The number of methoxy groups -OCH3 is 1. The number of nitrogen functional groups attached to an aromatic ring is 1. The van der Waals surface area contributed by atoms with Gasteiger partial charge in [-0.25, -0.2) is 17.5 Å². The van der Waals surface area contributed by atoms with Crippen LogP contribution in [0.25, 0.3) is 0 Å². The fraction of sp³-hybridized carbons (Fsp3) is 0.455. The van der Waals surface area contributed by atoms with Crippen molar-refractivity contribution >= 4 is 15.7 Å². The molecule has 1 aromatic rings. The molecule has 0 aromatic heterocycles. The molecule has 0 fully saturated rings. The summed E-state index contributed by atoms with van der Waals surface area (Å²) in [6.45, 7) is 0.0581. The number of sulfonamides is 1. The molecule has 0 atom stereocenters. The average molecular weight is 308 g/mol. The molecule has 9 heteroatoms. The van der Waals surface area contributed by atoms with E-state index in [2.05, 4.69) is 4.72 Å². The summed E-state index contributed by atoms with van der Waals surface area (Å²) < 4.78 is 49.2. The Hall–Kier alpha value is -1.42. The summed E-state index contributed by atoms with van der Waals surface area (Å²) in [5.74, 6) is -1.06. The molecule has 0 aliphatic heterocycles. The highest BCUT2D eigenvalue weighted by molar-refractivity contribution is 7.89. The summed E-state index contributed by atoms with van der Waals surface area (Å²) in [5, 5.41) is 8.48. The van der Waals surface area contributed by atoms with E-state index in [1.165, 1.54) is 7.11 Å². The maximum Gasteiger partial charge on any atom is 0.240 e. The van der Waals surface area contributed by atoms with E-state index in [0.29, 0.717) is 0 Å². The van der Waals surface area contributed by atoms with Crippen LogP contribution in [0.4, 0.5) is 10.1 Å². The minimum atomic E-state index is -3.89. The zero-order valence-corrected chi connectivity index (χ0v) is 11.7. The van der Waals surface area contributed by atoms with E-state index in [1.807, 2.05) is 0 Å². The fourth-order valence-electron chi connectivity index (χ4n) is 1.46. The largest absolute Gasteiger partial charge is 0.492 e. The molecular weight excluding hydrogens is 291 g/mol. The van der Waals surface area contributed by atoms with Gasteiger partial charge in [0, 0.05) is 6.54 Å². The lowest BCUT2D eigenvalue weighted by Crippen LogP contribution is -2.28. The van der Waals surface area contributed by atoms with Gasteiger partial charge in [-0.15, -0.1) is 0 Å². The van der Waals surface area contributed by atoms with Crippen molar-refractivity contribution in [2.45, 2.75) is 4.90 Å². The number of ether oxygens (including phenoxy) is 2. The third-order valence-corrected chi connectivity index (χ3v) is 3.77. The molecular formula is C11H17FN2O5S. The zero-order chi connectivity index (χ0) is 15.2. The summed E-state index contributed by atoms with van der Waals surface area (Å²) in [6.07, 6.45) is 0. The van der Waals surface area contributed by atoms with Crippen LogP contribution in [-0.4, -0.2) is 47.0 Å². The molecule has 0 amide bonds. The molecule has 0 saturated heterocycles. The van der Waals surface area contributed by atoms with Crippen LogP contribution in [0, 0.1) is 5.82 Å². The topological polar surface area (TPSA) is 111 Å². The third-order valence-electron chi connectivity index (χ3n) is 2.33. The van der Waals surface area contributed by atoms with Crippen molar-refractivity contribution in [2.24, 2.45) is 0 Å². The number of halogens is 1. The monoisotopic (exact) mass is 308 g/mol. The van der Waals surface area contributed by atoms with Gasteiger partial charge in [0.05, 0.1) is 37.5 Å². The second-order valence-electron chi connectivity index (χ2n) is 3.76. The molecule has 0 unspecified atom stereocenters. The van der Waals surface area contributed by atoms with Crippen molar-refractivity contribution in [3.63, 3.8) is 0 Å². The average Bonchev–Trinajstić information content (AvgIpc) is 2.38. The zero-order valence-electron chi connectivity index (χ0n) is 10.9. The minimum absolute atomic E-state index is 0.00408. The maximum absolute atomic E-state index is 13.6. The highest BCUT2D eigenvalue weighted by atomic mass is 32.2. The molecule has 0 spiro atoms. The molecule has 1 rings (SSSR count). The Morgan fingerprint density at radius 3 is 2.65 bits per heavy atom. The Kier molecular flexibility index (Phi) is 6.14. The van der Waals surface area contributed by atoms with Crippen LogP contribution < -0.4 is 15.2 Å². The lowest BCUT2D eigenvalue weighted by atomic mass is 10.3. The van der Waals surface area contributed by atoms with Crippen molar-refractivity contribution in [1.29, 1.82) is 0 Å². The van der Waals surface area contributed by atoms with Crippen LogP contribution in [0.2, 0.25) is 0 Å². The van der Waals surface area contributed by atoms with Crippen molar-refractivity contribution in [3.8, 4) is 5.75 Å². The highest BCUT2D eigenvalue weighted by Gasteiger charge is 2.18. The summed E-state index contributed by atoms with van der Waals surface area (Å²) >= 11 is 0. The van der Waals surface area contributed by atoms with E-state index in [0.717, 1.165) is 12.1 Å². The second-order valence-corrected chi connectivity index (χ2v) is 5.53. The Morgan fingerprint density at radius 1 is 1.40 bits per heavy atom. The van der Waals surface area contributed by atoms with Gasteiger partial charge in [-0.2, -0.15) is 0 Å². The van der Waals surface area contributed by atoms with E-state index in [4.69, 9.17) is 20.3 Å². The molecule has 0 aliphatic carbocycles. The standard InChI is InChI=1S/C11H17FN2O5S/c1-18-11-9(12)6-8(7-10(11)13)20(16,17)14-2-4-19-5-3-15/h6-7,14-15H,2-5,13H2,1H3. The maximum atomic E-state index is 13.6. The van der Waals surface area contributed by atoms with E-state index < -0.39 is 15.8 Å². The number of hydrogen-bond donors (Lipinski definition) is 3. The van der Waals surface area contributed by atoms with Crippen molar-refractivity contribution in [2.75, 3.05) is 39.2 Å². The van der Waals surface area contributed by atoms with E-state index in [9.17, 15) is 12.8 Å². The third kappa shape index (κ3) is 4.30. The minimum Gasteiger partial charge on any atom is -0.492 e. The first kappa shape index (κ1) is 16.6. The number of aliphatic hydroxyl groups excluding tert-OH is 1. The van der Waals surface area contributed by atoms with Gasteiger partial charge in [0.25, 0.3) is 0 Å².